The first-order valence-electron chi connectivity index (χ1n) is 11.3. The second-order valence-electron chi connectivity index (χ2n) is 8.07. The summed E-state index contributed by atoms with van der Waals surface area (Å²) < 4.78 is 6.66. The largest absolute Gasteiger partial charge is 0.496 e. The van der Waals surface area contributed by atoms with Crippen molar-refractivity contribution in [1.82, 2.24) is 20.0 Å². The summed E-state index contributed by atoms with van der Waals surface area (Å²) in [6, 6.07) is 17.0. The molecule has 9 heteroatoms. The first kappa shape index (κ1) is 23.8. The van der Waals surface area contributed by atoms with E-state index in [0.29, 0.717) is 57.1 Å². The summed E-state index contributed by atoms with van der Waals surface area (Å²) in [6.45, 7) is 3.59. The topological polar surface area (TPSA) is 79.7 Å². The highest BCUT2D eigenvalue weighted by Crippen LogP contribution is 2.23. The maximum Gasteiger partial charge on any atom is 0.292 e. The monoisotopic (exact) mass is 481 g/mol. The van der Waals surface area contributed by atoms with Gasteiger partial charge in [-0.25, -0.2) is 0 Å². The van der Waals surface area contributed by atoms with E-state index in [1.165, 1.54) is 4.68 Å². The Bertz CT molecular complexity index is 1180. The van der Waals surface area contributed by atoms with Crippen LogP contribution in [-0.2, 0) is 11.2 Å². The molecule has 1 saturated heterocycles. The number of aromatic nitrogens is 2. The molecule has 1 fully saturated rings. The van der Waals surface area contributed by atoms with Crippen molar-refractivity contribution in [2.45, 2.75) is 6.42 Å². The highest BCUT2D eigenvalue weighted by atomic mass is 35.5. The van der Waals surface area contributed by atoms with Crippen LogP contribution in [0.15, 0.2) is 65.6 Å². The maximum atomic E-state index is 12.8. The van der Waals surface area contributed by atoms with Crippen molar-refractivity contribution >= 4 is 23.2 Å². The van der Waals surface area contributed by atoms with Crippen molar-refractivity contribution in [1.29, 1.82) is 0 Å². The Labute approximate surface area is 203 Å². The van der Waals surface area contributed by atoms with Crippen LogP contribution >= 0.6 is 11.6 Å². The summed E-state index contributed by atoms with van der Waals surface area (Å²) >= 11 is 6.43. The molecule has 0 radical (unpaired) electrons. The molecule has 8 nitrogen and oxygen atoms in total. The van der Waals surface area contributed by atoms with Crippen molar-refractivity contribution in [2.24, 2.45) is 0 Å². The number of nitrogens with zero attached hydrogens (tertiary/aromatic N) is 4. The number of para-hydroxylation sites is 2. The Hall–Kier alpha value is -3.36. The summed E-state index contributed by atoms with van der Waals surface area (Å²) in [6.07, 6.45) is 2.35. The molecule has 1 aliphatic rings. The van der Waals surface area contributed by atoms with Crippen molar-refractivity contribution in [2.75, 3.05) is 51.3 Å². The van der Waals surface area contributed by atoms with E-state index in [1.807, 2.05) is 59.5 Å². The van der Waals surface area contributed by atoms with E-state index in [9.17, 15) is 9.59 Å². The Balaban J connectivity index is 1.27. The van der Waals surface area contributed by atoms with Crippen molar-refractivity contribution < 1.29 is 9.53 Å². The fourth-order valence-corrected chi connectivity index (χ4v) is 4.30. The first-order valence-corrected chi connectivity index (χ1v) is 11.6. The average molecular weight is 482 g/mol. The molecule has 0 aliphatic carbocycles. The van der Waals surface area contributed by atoms with E-state index >= 15 is 0 Å². The molecule has 1 aromatic heterocycles. The van der Waals surface area contributed by atoms with Gasteiger partial charge in [-0.1, -0.05) is 48.0 Å². The van der Waals surface area contributed by atoms with E-state index in [-0.39, 0.29) is 16.5 Å². The number of benzene rings is 2. The van der Waals surface area contributed by atoms with Gasteiger partial charge in [0.05, 0.1) is 31.2 Å². The Morgan fingerprint density at radius 1 is 1.06 bits per heavy atom. The van der Waals surface area contributed by atoms with Gasteiger partial charge in [-0.3, -0.25) is 14.5 Å². The van der Waals surface area contributed by atoms with Crippen LogP contribution in [0.1, 0.15) is 5.56 Å². The standard InChI is InChI=1S/C25H28ClN5O3/c1-34-22-10-6-5-7-19(22)11-12-27-23(32)18-29-13-15-30(16-14-29)21-17-28-31(25(33)24(21)26)20-8-3-2-4-9-20/h2-10,17H,11-16,18H2,1H3,(H,27,32). The number of hydrogen-bond acceptors (Lipinski definition) is 6. The molecule has 1 aliphatic heterocycles. The third-order valence-corrected chi connectivity index (χ3v) is 6.25. The normalized spacial score (nSPS) is 14.1. The maximum absolute atomic E-state index is 12.8. The van der Waals surface area contributed by atoms with E-state index < -0.39 is 0 Å². The average Bonchev–Trinajstić information content (AvgIpc) is 2.87. The molecule has 178 valence electrons. The molecule has 1 N–H and O–H groups in total. The lowest BCUT2D eigenvalue weighted by Crippen LogP contribution is -2.50. The number of methoxy groups -OCH3 is 1. The molecule has 0 unspecified atom stereocenters. The minimum absolute atomic E-state index is 0.00601. The van der Waals surface area contributed by atoms with Crippen LogP contribution in [0.5, 0.6) is 5.75 Å². The zero-order valence-electron chi connectivity index (χ0n) is 19.1. The fraction of sp³-hybridized carbons (Fsp3) is 0.320. The lowest BCUT2D eigenvalue weighted by molar-refractivity contribution is -0.122. The summed E-state index contributed by atoms with van der Waals surface area (Å²) in [5.41, 5.74) is 2.02. The molecule has 0 atom stereocenters. The number of halogens is 1. The van der Waals surface area contributed by atoms with Gasteiger partial charge in [0.15, 0.2) is 0 Å². The summed E-state index contributed by atoms with van der Waals surface area (Å²) in [7, 11) is 1.65. The third-order valence-electron chi connectivity index (χ3n) is 5.89. The molecule has 4 rings (SSSR count). The second-order valence-corrected chi connectivity index (χ2v) is 8.45. The van der Waals surface area contributed by atoms with Crippen LogP contribution in [0.4, 0.5) is 5.69 Å². The number of carbonyl (C=O) groups excluding carboxylic acids is 1. The lowest BCUT2D eigenvalue weighted by atomic mass is 10.1. The van der Waals surface area contributed by atoms with Crippen LogP contribution in [0.2, 0.25) is 5.02 Å². The van der Waals surface area contributed by atoms with Crippen LogP contribution < -0.4 is 20.5 Å². The van der Waals surface area contributed by atoms with E-state index in [0.717, 1.165) is 11.3 Å². The van der Waals surface area contributed by atoms with E-state index in [4.69, 9.17) is 16.3 Å². The third kappa shape index (κ3) is 5.58. The Kier molecular flexibility index (Phi) is 7.82. The molecule has 1 amide bonds. The van der Waals surface area contributed by atoms with E-state index in [2.05, 4.69) is 15.3 Å². The molecular weight excluding hydrogens is 454 g/mol. The number of anilines is 1. The van der Waals surface area contributed by atoms with Gasteiger partial charge in [0.1, 0.15) is 10.8 Å². The van der Waals surface area contributed by atoms with Gasteiger partial charge in [0.2, 0.25) is 5.91 Å². The zero-order valence-corrected chi connectivity index (χ0v) is 19.9. The molecule has 3 aromatic rings. The Morgan fingerprint density at radius 3 is 2.50 bits per heavy atom. The zero-order chi connectivity index (χ0) is 23.9. The van der Waals surface area contributed by atoms with Crippen molar-refractivity contribution in [3.63, 3.8) is 0 Å². The molecular formula is C25H28ClN5O3. The molecule has 0 spiro atoms. The number of hydrogen-bond donors (Lipinski definition) is 1. The van der Waals surface area contributed by atoms with Gasteiger partial charge < -0.3 is 15.0 Å². The molecule has 34 heavy (non-hydrogen) atoms. The predicted octanol–water partition coefficient (Wildman–Crippen LogP) is 2.38. The molecule has 2 heterocycles. The summed E-state index contributed by atoms with van der Waals surface area (Å²) in [4.78, 5) is 29.3. The minimum Gasteiger partial charge on any atom is -0.496 e. The van der Waals surface area contributed by atoms with Gasteiger partial charge >= 0.3 is 0 Å². The van der Waals surface area contributed by atoms with Gasteiger partial charge in [-0.05, 0) is 30.2 Å². The van der Waals surface area contributed by atoms with Gasteiger partial charge in [-0.2, -0.15) is 9.78 Å². The van der Waals surface area contributed by atoms with Crippen LogP contribution in [-0.4, -0.2) is 67.0 Å². The van der Waals surface area contributed by atoms with Crippen LogP contribution in [0.3, 0.4) is 0 Å². The van der Waals surface area contributed by atoms with Crippen LogP contribution in [0, 0.1) is 0 Å². The number of piperazine rings is 1. The highest BCUT2D eigenvalue weighted by Gasteiger charge is 2.22. The molecule has 0 saturated carbocycles. The fourth-order valence-electron chi connectivity index (χ4n) is 4.05. The summed E-state index contributed by atoms with van der Waals surface area (Å²) in [5, 5.41) is 7.45. The minimum atomic E-state index is -0.345. The molecule has 2 aromatic carbocycles. The first-order chi connectivity index (χ1) is 16.6. The Morgan fingerprint density at radius 2 is 1.76 bits per heavy atom. The second kappa shape index (κ2) is 11.2. The quantitative estimate of drug-likeness (QED) is 0.532. The van der Waals surface area contributed by atoms with Crippen molar-refractivity contribution in [3.8, 4) is 11.4 Å². The molecule has 0 bridgehead atoms. The van der Waals surface area contributed by atoms with Gasteiger partial charge in [0, 0.05) is 32.7 Å². The number of nitrogens with one attached hydrogen (secondary N) is 1. The van der Waals surface area contributed by atoms with Crippen molar-refractivity contribution in [3.05, 3.63) is 81.7 Å². The van der Waals surface area contributed by atoms with Gasteiger partial charge in [0.25, 0.3) is 5.56 Å². The number of ether oxygens (including phenoxy) is 1. The highest BCUT2D eigenvalue weighted by molar-refractivity contribution is 6.33. The van der Waals surface area contributed by atoms with E-state index in [1.54, 1.807) is 13.3 Å². The SMILES string of the molecule is COc1ccccc1CCNC(=O)CN1CCN(c2cnn(-c3ccccc3)c(=O)c2Cl)CC1. The number of amides is 1. The van der Waals surface area contributed by atoms with Gasteiger partial charge in [-0.15, -0.1) is 0 Å². The lowest BCUT2D eigenvalue weighted by Gasteiger charge is -2.35. The number of carbonyl (C=O) groups is 1. The summed E-state index contributed by atoms with van der Waals surface area (Å²) in [5.74, 6) is 0.825. The van der Waals surface area contributed by atoms with Crippen LogP contribution in [0.25, 0.3) is 5.69 Å². The number of rotatable bonds is 8. The predicted molar refractivity (Wildman–Crippen MR) is 133 cm³/mol. The smallest absolute Gasteiger partial charge is 0.292 e.